The van der Waals surface area contributed by atoms with Gasteiger partial charge in [-0.15, -0.1) is 0 Å². The first kappa shape index (κ1) is 18.3. The van der Waals surface area contributed by atoms with Crippen molar-refractivity contribution in [1.82, 2.24) is 0 Å². The molecule has 3 rings (SSSR count). The Morgan fingerprint density at radius 3 is 2.65 bits per heavy atom. The largest absolute Gasteiger partial charge is 0.375 e. The molecule has 0 spiro atoms. The Labute approximate surface area is 160 Å². The molecule has 1 heterocycles. The molecule has 1 atom stereocenters. The Morgan fingerprint density at radius 2 is 1.92 bits per heavy atom. The number of likely N-dealkylation sites (N-methyl/N-ethyl adjacent to an activating group) is 1. The van der Waals surface area contributed by atoms with Gasteiger partial charge in [0.05, 0.1) is 12.1 Å². The fraction of sp³-hybridized carbons (Fsp3) is 0.143. The smallest absolute Gasteiger partial charge is 0.263 e. The van der Waals surface area contributed by atoms with E-state index in [4.69, 9.17) is 0 Å². The summed E-state index contributed by atoms with van der Waals surface area (Å²) in [6, 6.07) is 14.9. The summed E-state index contributed by atoms with van der Waals surface area (Å²) in [4.78, 5) is 26.2. The van der Waals surface area contributed by atoms with Gasteiger partial charge in [0.2, 0.25) is 0 Å². The third kappa shape index (κ3) is 3.54. The van der Waals surface area contributed by atoms with Gasteiger partial charge in [0.1, 0.15) is 0 Å². The van der Waals surface area contributed by atoms with Crippen LogP contribution < -0.4 is 4.90 Å². The molecular formula is C21H18BrNO3. The summed E-state index contributed by atoms with van der Waals surface area (Å²) in [5.74, 6) is -0.813. The maximum atomic E-state index is 12.5. The molecule has 0 radical (unpaired) electrons. The lowest BCUT2D eigenvalue weighted by atomic mass is 9.90. The van der Waals surface area contributed by atoms with Crippen molar-refractivity contribution in [3.8, 4) is 0 Å². The van der Waals surface area contributed by atoms with Gasteiger partial charge in [0.25, 0.3) is 5.91 Å². The Balaban J connectivity index is 1.75. The number of fused-ring (bicyclic) bond motifs is 1. The van der Waals surface area contributed by atoms with Crippen LogP contribution in [0.1, 0.15) is 17.5 Å². The van der Waals surface area contributed by atoms with Crippen LogP contribution in [0.25, 0.3) is 6.08 Å². The molecule has 0 aromatic heterocycles. The molecule has 2 aromatic carbocycles. The first-order valence-electron chi connectivity index (χ1n) is 8.15. The topological polar surface area (TPSA) is 57.6 Å². The molecule has 0 fully saturated rings. The molecule has 4 nitrogen and oxygen atoms in total. The number of carbonyl (C=O) groups excluding carboxylic acids is 2. The number of hydrogen-bond donors (Lipinski definition) is 1. The zero-order valence-electron chi connectivity index (χ0n) is 14.2. The maximum Gasteiger partial charge on any atom is 0.263 e. The van der Waals surface area contributed by atoms with E-state index in [1.807, 2.05) is 36.4 Å². The standard InChI is InChI=1S/C21H18BrNO3/c1-23-19-12-11-16(22)13-18(19)21(26,20(23)25)14-17(24)10-6-5-9-15-7-3-2-4-8-15/h2-13,26H,14H2,1H3/b9-5-,10-6+/t21-/m1/s1. The number of aliphatic hydroxyl groups is 1. The summed E-state index contributed by atoms with van der Waals surface area (Å²) in [5, 5.41) is 10.9. The highest BCUT2D eigenvalue weighted by Gasteiger charge is 2.49. The summed E-state index contributed by atoms with van der Waals surface area (Å²) < 4.78 is 0.742. The van der Waals surface area contributed by atoms with Gasteiger partial charge < -0.3 is 10.0 Å². The maximum absolute atomic E-state index is 12.5. The molecule has 0 unspecified atom stereocenters. The van der Waals surface area contributed by atoms with Crippen LogP contribution in [0.15, 0.2) is 71.2 Å². The zero-order valence-corrected chi connectivity index (χ0v) is 15.8. The molecule has 0 saturated carbocycles. The van der Waals surface area contributed by atoms with E-state index in [0.29, 0.717) is 11.3 Å². The second-order valence-corrected chi connectivity index (χ2v) is 7.07. The average molecular weight is 412 g/mol. The van der Waals surface area contributed by atoms with Crippen LogP contribution in [0.3, 0.4) is 0 Å². The van der Waals surface area contributed by atoms with Gasteiger partial charge in [0.15, 0.2) is 11.4 Å². The van der Waals surface area contributed by atoms with E-state index in [1.165, 1.54) is 11.0 Å². The van der Waals surface area contributed by atoms with Crippen molar-refractivity contribution < 1.29 is 14.7 Å². The van der Waals surface area contributed by atoms with E-state index in [2.05, 4.69) is 15.9 Å². The Hall–Kier alpha value is -2.50. The minimum atomic E-state index is -1.83. The highest BCUT2D eigenvalue weighted by Crippen LogP contribution is 2.42. The first-order valence-corrected chi connectivity index (χ1v) is 8.94. The SMILES string of the molecule is CN1C(=O)[C@@](O)(CC(=O)/C=C/C=C\c2ccccc2)c2cc(Br)ccc21. The molecule has 1 aliphatic rings. The number of amides is 1. The van der Waals surface area contributed by atoms with E-state index in [-0.39, 0.29) is 12.2 Å². The highest BCUT2D eigenvalue weighted by molar-refractivity contribution is 9.10. The highest BCUT2D eigenvalue weighted by atomic mass is 79.9. The van der Waals surface area contributed by atoms with Crippen molar-refractivity contribution in [2.75, 3.05) is 11.9 Å². The van der Waals surface area contributed by atoms with Gasteiger partial charge in [-0.3, -0.25) is 9.59 Å². The molecule has 5 heteroatoms. The van der Waals surface area contributed by atoms with Gasteiger partial charge in [-0.05, 0) is 29.8 Å². The molecule has 0 bridgehead atoms. The van der Waals surface area contributed by atoms with Crippen LogP contribution in [0, 0.1) is 0 Å². The summed E-state index contributed by atoms with van der Waals surface area (Å²) in [7, 11) is 1.59. The van der Waals surface area contributed by atoms with Gasteiger partial charge in [0, 0.05) is 17.1 Å². The average Bonchev–Trinajstić information content (AvgIpc) is 2.81. The molecule has 26 heavy (non-hydrogen) atoms. The molecule has 0 aliphatic carbocycles. The number of carbonyl (C=O) groups is 2. The van der Waals surface area contributed by atoms with Crippen molar-refractivity contribution in [2.45, 2.75) is 12.0 Å². The number of ketones is 1. The van der Waals surface area contributed by atoms with Crippen LogP contribution in [0.5, 0.6) is 0 Å². The molecule has 1 aliphatic heterocycles. The van der Waals surface area contributed by atoms with Gasteiger partial charge in [-0.25, -0.2) is 0 Å². The third-order valence-corrected chi connectivity index (χ3v) is 4.83. The van der Waals surface area contributed by atoms with Crippen molar-refractivity contribution in [3.05, 3.63) is 82.4 Å². The second kappa shape index (κ2) is 7.40. The quantitative estimate of drug-likeness (QED) is 0.600. The minimum Gasteiger partial charge on any atom is -0.375 e. The number of rotatable bonds is 5. The van der Waals surface area contributed by atoms with Crippen LogP contribution in [0.2, 0.25) is 0 Å². The molecule has 132 valence electrons. The van der Waals surface area contributed by atoms with E-state index in [9.17, 15) is 14.7 Å². The summed E-state index contributed by atoms with van der Waals surface area (Å²) in [6.07, 6.45) is 6.32. The van der Waals surface area contributed by atoms with Crippen molar-refractivity contribution in [2.24, 2.45) is 0 Å². The fourth-order valence-corrected chi connectivity index (χ4v) is 3.37. The van der Waals surface area contributed by atoms with Crippen LogP contribution in [-0.4, -0.2) is 23.8 Å². The predicted octanol–water partition coefficient (Wildman–Crippen LogP) is 3.84. The van der Waals surface area contributed by atoms with Gasteiger partial charge >= 0.3 is 0 Å². The van der Waals surface area contributed by atoms with Crippen molar-refractivity contribution >= 4 is 39.4 Å². The van der Waals surface area contributed by atoms with Crippen LogP contribution in [-0.2, 0) is 15.2 Å². The van der Waals surface area contributed by atoms with Gasteiger partial charge in [-0.2, -0.15) is 0 Å². The molecule has 2 aromatic rings. The fourth-order valence-electron chi connectivity index (χ4n) is 3.01. The minimum absolute atomic E-state index is 0.296. The number of halogens is 1. The molecule has 1 amide bonds. The predicted molar refractivity (Wildman–Crippen MR) is 106 cm³/mol. The number of allylic oxidation sites excluding steroid dienone is 3. The summed E-state index contributed by atoms with van der Waals surface area (Å²) in [5.41, 5.74) is 0.246. The van der Waals surface area contributed by atoms with E-state index >= 15 is 0 Å². The third-order valence-electron chi connectivity index (χ3n) is 4.34. The number of nitrogens with zero attached hydrogens (tertiary/aromatic N) is 1. The number of benzene rings is 2. The monoisotopic (exact) mass is 411 g/mol. The number of hydrogen-bond acceptors (Lipinski definition) is 3. The summed E-state index contributed by atoms with van der Waals surface area (Å²) in [6.45, 7) is 0. The lowest BCUT2D eigenvalue weighted by molar-refractivity contribution is -0.140. The lowest BCUT2D eigenvalue weighted by Crippen LogP contribution is -2.40. The summed E-state index contributed by atoms with van der Waals surface area (Å²) >= 11 is 3.35. The van der Waals surface area contributed by atoms with Crippen LogP contribution >= 0.6 is 15.9 Å². The Kier molecular flexibility index (Phi) is 5.20. The lowest BCUT2D eigenvalue weighted by Gasteiger charge is -2.20. The van der Waals surface area contributed by atoms with Gasteiger partial charge in [-0.1, -0.05) is 64.5 Å². The zero-order chi connectivity index (χ0) is 18.7. The van der Waals surface area contributed by atoms with E-state index in [0.717, 1.165) is 10.0 Å². The molecule has 0 saturated heterocycles. The second-order valence-electron chi connectivity index (χ2n) is 6.16. The molecular weight excluding hydrogens is 394 g/mol. The number of anilines is 1. The molecule has 1 N–H and O–H groups in total. The Bertz CT molecular complexity index is 905. The Morgan fingerprint density at radius 1 is 1.19 bits per heavy atom. The van der Waals surface area contributed by atoms with E-state index < -0.39 is 11.5 Å². The van der Waals surface area contributed by atoms with Crippen molar-refractivity contribution in [1.29, 1.82) is 0 Å². The van der Waals surface area contributed by atoms with Crippen molar-refractivity contribution in [3.63, 3.8) is 0 Å². The first-order chi connectivity index (χ1) is 12.4. The van der Waals surface area contributed by atoms with Crippen LogP contribution in [0.4, 0.5) is 5.69 Å². The normalized spacial score (nSPS) is 19.5. The van der Waals surface area contributed by atoms with E-state index in [1.54, 1.807) is 37.4 Å².